The standard InChI is InChI=1S/C24H19F5N2O3/c1-23(2,33)13-3-5-14(6-4-13)31-11-17-15(22(31)32)7-8-30-21(17)16-9-18(25)19(26)10-20(16)34-12-24(27,28)29/h3-10,33H,11-12H2,1-2H3. The van der Waals surface area contributed by atoms with Crippen molar-refractivity contribution in [3.63, 3.8) is 0 Å². The number of carbonyl (C=O) groups is 1. The van der Waals surface area contributed by atoms with Crippen molar-refractivity contribution in [2.45, 2.75) is 32.2 Å². The van der Waals surface area contributed by atoms with E-state index in [4.69, 9.17) is 4.74 Å². The number of ether oxygens (including phenoxy) is 1. The minimum atomic E-state index is -4.70. The van der Waals surface area contributed by atoms with Gasteiger partial charge in [0.2, 0.25) is 0 Å². The summed E-state index contributed by atoms with van der Waals surface area (Å²) >= 11 is 0. The van der Waals surface area contributed by atoms with Gasteiger partial charge in [-0.1, -0.05) is 12.1 Å². The average molecular weight is 478 g/mol. The molecule has 1 amide bonds. The minimum absolute atomic E-state index is 0.00306. The van der Waals surface area contributed by atoms with Gasteiger partial charge in [-0.15, -0.1) is 0 Å². The van der Waals surface area contributed by atoms with Crippen LogP contribution in [0.15, 0.2) is 48.7 Å². The lowest BCUT2D eigenvalue weighted by atomic mass is 9.98. The van der Waals surface area contributed by atoms with Crippen LogP contribution in [0.3, 0.4) is 0 Å². The van der Waals surface area contributed by atoms with Crippen LogP contribution in [0, 0.1) is 11.6 Å². The zero-order valence-electron chi connectivity index (χ0n) is 18.1. The van der Waals surface area contributed by atoms with Crippen molar-refractivity contribution in [1.82, 2.24) is 4.98 Å². The van der Waals surface area contributed by atoms with Gasteiger partial charge in [-0.2, -0.15) is 13.2 Å². The number of nitrogens with zero attached hydrogens (tertiary/aromatic N) is 2. The molecule has 178 valence electrons. The van der Waals surface area contributed by atoms with Gasteiger partial charge in [0.15, 0.2) is 18.2 Å². The summed E-state index contributed by atoms with van der Waals surface area (Å²) < 4.78 is 70.7. The number of fused-ring (bicyclic) bond motifs is 1. The van der Waals surface area contributed by atoms with Crippen molar-refractivity contribution in [1.29, 1.82) is 0 Å². The molecular weight excluding hydrogens is 459 g/mol. The fraction of sp³-hybridized carbons (Fsp3) is 0.250. The number of rotatable bonds is 5. The van der Waals surface area contributed by atoms with Crippen molar-refractivity contribution in [3.8, 4) is 17.0 Å². The minimum Gasteiger partial charge on any atom is -0.483 e. The lowest BCUT2D eigenvalue weighted by Crippen LogP contribution is -2.23. The van der Waals surface area contributed by atoms with Gasteiger partial charge in [-0.25, -0.2) is 8.78 Å². The number of benzene rings is 2. The summed E-state index contributed by atoms with van der Waals surface area (Å²) in [4.78, 5) is 18.6. The summed E-state index contributed by atoms with van der Waals surface area (Å²) in [5.74, 6) is -3.61. The smallest absolute Gasteiger partial charge is 0.422 e. The van der Waals surface area contributed by atoms with Gasteiger partial charge in [0.25, 0.3) is 5.91 Å². The summed E-state index contributed by atoms with van der Waals surface area (Å²) in [5, 5.41) is 10.1. The fourth-order valence-corrected chi connectivity index (χ4v) is 3.71. The normalized spacial score (nSPS) is 13.9. The summed E-state index contributed by atoms with van der Waals surface area (Å²) in [5.41, 5.74) is 0.442. The molecule has 0 unspecified atom stereocenters. The van der Waals surface area contributed by atoms with Crippen LogP contribution in [-0.4, -0.2) is 28.8 Å². The first-order valence-electron chi connectivity index (χ1n) is 10.2. The SMILES string of the molecule is CC(C)(O)c1ccc(N2Cc3c(ccnc3-c3cc(F)c(F)cc3OCC(F)(F)F)C2=O)cc1. The van der Waals surface area contributed by atoms with Crippen LogP contribution in [0.1, 0.15) is 35.3 Å². The molecule has 10 heteroatoms. The number of alkyl halides is 3. The maximum Gasteiger partial charge on any atom is 0.422 e. The number of anilines is 1. The molecule has 2 heterocycles. The lowest BCUT2D eigenvalue weighted by Gasteiger charge is -2.20. The average Bonchev–Trinajstić information content (AvgIpc) is 3.10. The second-order valence-electron chi connectivity index (χ2n) is 8.35. The highest BCUT2D eigenvalue weighted by Gasteiger charge is 2.34. The molecule has 0 fully saturated rings. The molecule has 1 aliphatic heterocycles. The number of hydrogen-bond acceptors (Lipinski definition) is 4. The van der Waals surface area contributed by atoms with Gasteiger partial charge < -0.3 is 14.7 Å². The van der Waals surface area contributed by atoms with E-state index < -0.39 is 41.7 Å². The summed E-state index contributed by atoms with van der Waals surface area (Å²) in [6.07, 6.45) is -3.43. The third-order valence-corrected chi connectivity index (χ3v) is 5.40. The first-order chi connectivity index (χ1) is 15.8. The van der Waals surface area contributed by atoms with Gasteiger partial charge in [-0.05, 0) is 43.7 Å². The third kappa shape index (κ3) is 4.58. The monoisotopic (exact) mass is 478 g/mol. The van der Waals surface area contributed by atoms with Crippen molar-refractivity contribution < 1.29 is 36.6 Å². The van der Waals surface area contributed by atoms with Crippen molar-refractivity contribution >= 4 is 11.6 Å². The number of pyridine rings is 1. The molecule has 0 saturated heterocycles. The van der Waals surface area contributed by atoms with E-state index in [0.29, 0.717) is 28.9 Å². The molecule has 0 bridgehead atoms. The molecule has 4 rings (SSSR count). The second-order valence-corrected chi connectivity index (χ2v) is 8.35. The van der Waals surface area contributed by atoms with Crippen LogP contribution in [0.5, 0.6) is 5.75 Å². The number of aliphatic hydroxyl groups is 1. The van der Waals surface area contributed by atoms with Crippen LogP contribution in [0.25, 0.3) is 11.3 Å². The van der Waals surface area contributed by atoms with E-state index in [1.54, 1.807) is 38.1 Å². The van der Waals surface area contributed by atoms with Crippen LogP contribution in [0.2, 0.25) is 0 Å². The van der Waals surface area contributed by atoms with Gasteiger partial charge >= 0.3 is 6.18 Å². The number of carbonyl (C=O) groups excluding carboxylic acids is 1. The molecule has 5 nitrogen and oxygen atoms in total. The van der Waals surface area contributed by atoms with E-state index in [1.807, 2.05) is 0 Å². The zero-order chi connectivity index (χ0) is 24.8. The molecule has 1 N–H and O–H groups in total. The van der Waals surface area contributed by atoms with Gasteiger partial charge in [-0.3, -0.25) is 9.78 Å². The Balaban J connectivity index is 1.74. The Morgan fingerprint density at radius 1 is 1.03 bits per heavy atom. The molecule has 2 aromatic carbocycles. The lowest BCUT2D eigenvalue weighted by molar-refractivity contribution is -0.153. The first-order valence-corrected chi connectivity index (χ1v) is 10.2. The molecule has 1 aliphatic rings. The summed E-state index contributed by atoms with van der Waals surface area (Å²) in [6, 6.07) is 9.32. The van der Waals surface area contributed by atoms with E-state index in [0.717, 1.165) is 0 Å². The molecule has 34 heavy (non-hydrogen) atoms. The van der Waals surface area contributed by atoms with E-state index in [1.165, 1.54) is 17.2 Å². The number of amides is 1. The Morgan fingerprint density at radius 3 is 2.29 bits per heavy atom. The number of hydrogen-bond donors (Lipinski definition) is 1. The molecule has 0 saturated carbocycles. The Labute approximate surface area is 191 Å². The summed E-state index contributed by atoms with van der Waals surface area (Å²) in [6.45, 7) is 1.53. The van der Waals surface area contributed by atoms with Gasteiger partial charge in [0.05, 0.1) is 17.8 Å². The number of aromatic nitrogens is 1. The highest BCUT2D eigenvalue weighted by molar-refractivity contribution is 6.11. The van der Waals surface area contributed by atoms with E-state index in [2.05, 4.69) is 4.98 Å². The van der Waals surface area contributed by atoms with Crippen LogP contribution in [0.4, 0.5) is 27.6 Å². The molecule has 0 aliphatic carbocycles. The molecule has 0 spiro atoms. The molecular formula is C24H19F5N2O3. The first kappa shape index (κ1) is 23.6. The van der Waals surface area contributed by atoms with Crippen molar-refractivity contribution in [2.24, 2.45) is 0 Å². The predicted molar refractivity (Wildman–Crippen MR) is 113 cm³/mol. The van der Waals surface area contributed by atoms with E-state index in [-0.39, 0.29) is 23.4 Å². The molecule has 1 aromatic heterocycles. The Bertz CT molecular complexity index is 1250. The third-order valence-electron chi connectivity index (χ3n) is 5.40. The Hall–Kier alpha value is -3.53. The maximum absolute atomic E-state index is 14.0. The van der Waals surface area contributed by atoms with Gasteiger partial charge in [0.1, 0.15) is 5.75 Å². The van der Waals surface area contributed by atoms with Crippen molar-refractivity contribution in [2.75, 3.05) is 11.5 Å². The van der Waals surface area contributed by atoms with E-state index >= 15 is 0 Å². The fourth-order valence-electron chi connectivity index (χ4n) is 3.71. The molecule has 3 aromatic rings. The maximum atomic E-state index is 14.0. The van der Waals surface area contributed by atoms with Gasteiger partial charge in [0, 0.05) is 34.6 Å². The molecule has 0 atom stereocenters. The largest absolute Gasteiger partial charge is 0.483 e. The van der Waals surface area contributed by atoms with Crippen molar-refractivity contribution in [3.05, 3.63) is 77.0 Å². The van der Waals surface area contributed by atoms with Crippen LogP contribution >= 0.6 is 0 Å². The highest BCUT2D eigenvalue weighted by Crippen LogP contribution is 2.39. The van der Waals surface area contributed by atoms with Crippen LogP contribution < -0.4 is 9.64 Å². The molecule has 0 radical (unpaired) electrons. The Morgan fingerprint density at radius 2 is 1.68 bits per heavy atom. The predicted octanol–water partition coefficient (Wildman–Crippen LogP) is 5.36. The van der Waals surface area contributed by atoms with E-state index in [9.17, 15) is 31.9 Å². The number of halogens is 5. The second kappa shape index (κ2) is 8.35. The Kier molecular flexibility index (Phi) is 5.80. The zero-order valence-corrected chi connectivity index (χ0v) is 18.1. The quantitative estimate of drug-likeness (QED) is 0.502. The topological polar surface area (TPSA) is 62.7 Å². The van der Waals surface area contributed by atoms with Crippen LogP contribution in [-0.2, 0) is 12.1 Å². The summed E-state index contributed by atoms with van der Waals surface area (Å²) in [7, 11) is 0. The highest BCUT2D eigenvalue weighted by atomic mass is 19.4.